The van der Waals surface area contributed by atoms with Crippen LogP contribution >= 0.6 is 0 Å². The maximum Gasteiger partial charge on any atom is 0.462 e. The number of ether oxygens (including phenoxy) is 1. The van der Waals surface area contributed by atoms with Crippen LogP contribution in [-0.2, 0) is 25.4 Å². The Labute approximate surface area is 132 Å². The molecule has 2 fully saturated rings. The minimum absolute atomic E-state index is 0.0987. The summed E-state index contributed by atoms with van der Waals surface area (Å²) in [5, 5.41) is 0. The van der Waals surface area contributed by atoms with Crippen LogP contribution in [0, 0.1) is 5.92 Å². The molecule has 1 saturated heterocycles. The molecule has 1 aliphatic heterocycles. The zero-order chi connectivity index (χ0) is 16.0. The van der Waals surface area contributed by atoms with Crippen LogP contribution in [0.3, 0.4) is 0 Å². The third kappa shape index (κ3) is 2.92. The van der Waals surface area contributed by atoms with Gasteiger partial charge >= 0.3 is 13.1 Å². The molecule has 1 saturated carbocycles. The summed E-state index contributed by atoms with van der Waals surface area (Å²) in [5.41, 5.74) is 0.306. The van der Waals surface area contributed by atoms with Gasteiger partial charge in [-0.2, -0.15) is 0 Å². The number of carbonyl (C=O) groups excluding carboxylic acids is 1. The third-order valence-electron chi connectivity index (χ3n) is 4.99. The normalized spacial score (nSPS) is 28.5. The summed E-state index contributed by atoms with van der Waals surface area (Å²) in [6.07, 6.45) is 0.782. The van der Waals surface area contributed by atoms with Crippen molar-refractivity contribution in [2.45, 2.75) is 57.7 Å². The summed E-state index contributed by atoms with van der Waals surface area (Å²) >= 11 is 0. The monoisotopic (exact) mass is 302 g/mol. The molecule has 1 aliphatic carbocycles. The highest BCUT2D eigenvalue weighted by Crippen LogP contribution is 2.53. The molecule has 3 rings (SSSR count). The molecule has 1 heterocycles. The molecule has 1 aromatic rings. The average molecular weight is 302 g/mol. The van der Waals surface area contributed by atoms with Crippen molar-refractivity contribution in [3.63, 3.8) is 0 Å². The van der Waals surface area contributed by atoms with E-state index in [-0.39, 0.29) is 36.0 Å². The van der Waals surface area contributed by atoms with Crippen LogP contribution in [0.25, 0.3) is 0 Å². The van der Waals surface area contributed by atoms with Gasteiger partial charge in [-0.1, -0.05) is 30.3 Å². The minimum atomic E-state index is -0.348. The molecule has 5 heteroatoms. The SMILES string of the molecule is CC1(C)OB(C2CC2C(=O)OCc2ccccc2)OC1(C)C. The third-order valence-corrected chi connectivity index (χ3v) is 4.99. The maximum atomic E-state index is 12.1. The van der Waals surface area contributed by atoms with Crippen molar-refractivity contribution in [3.8, 4) is 0 Å². The fourth-order valence-electron chi connectivity index (χ4n) is 2.69. The van der Waals surface area contributed by atoms with Crippen molar-refractivity contribution >= 4 is 13.1 Å². The molecule has 0 amide bonds. The van der Waals surface area contributed by atoms with Gasteiger partial charge in [0.15, 0.2) is 0 Å². The van der Waals surface area contributed by atoms with E-state index in [1.54, 1.807) is 0 Å². The summed E-state index contributed by atoms with van der Waals surface area (Å²) in [4.78, 5) is 12.1. The first-order chi connectivity index (χ1) is 10.3. The van der Waals surface area contributed by atoms with Gasteiger partial charge in [0, 0.05) is 5.82 Å². The van der Waals surface area contributed by atoms with Crippen LogP contribution in [0.15, 0.2) is 30.3 Å². The Bertz CT molecular complexity index is 539. The molecule has 2 atom stereocenters. The Morgan fingerprint density at radius 1 is 1.18 bits per heavy atom. The Kier molecular flexibility index (Phi) is 3.81. The van der Waals surface area contributed by atoms with E-state index in [2.05, 4.69) is 0 Å². The van der Waals surface area contributed by atoms with E-state index >= 15 is 0 Å². The van der Waals surface area contributed by atoms with E-state index in [1.807, 2.05) is 58.0 Å². The lowest BCUT2D eigenvalue weighted by Crippen LogP contribution is -2.41. The van der Waals surface area contributed by atoms with Gasteiger partial charge in [-0.15, -0.1) is 0 Å². The molecule has 0 N–H and O–H groups in total. The molecular formula is C17H23BO4. The first-order valence-corrected chi connectivity index (χ1v) is 7.86. The molecule has 0 aromatic heterocycles. The lowest BCUT2D eigenvalue weighted by Gasteiger charge is -2.32. The van der Waals surface area contributed by atoms with Gasteiger partial charge in [0.2, 0.25) is 0 Å². The van der Waals surface area contributed by atoms with Crippen LogP contribution in [0.2, 0.25) is 5.82 Å². The van der Waals surface area contributed by atoms with E-state index in [1.165, 1.54) is 0 Å². The van der Waals surface area contributed by atoms with Crippen molar-refractivity contribution in [1.29, 1.82) is 0 Å². The first kappa shape index (κ1) is 15.6. The van der Waals surface area contributed by atoms with Crippen LogP contribution in [-0.4, -0.2) is 24.3 Å². The highest BCUT2D eigenvalue weighted by molar-refractivity contribution is 6.49. The van der Waals surface area contributed by atoms with E-state index < -0.39 is 0 Å². The number of hydrogen-bond donors (Lipinski definition) is 0. The number of esters is 1. The van der Waals surface area contributed by atoms with E-state index in [9.17, 15) is 4.79 Å². The number of hydrogen-bond acceptors (Lipinski definition) is 4. The molecule has 22 heavy (non-hydrogen) atoms. The summed E-state index contributed by atoms with van der Waals surface area (Å²) < 4.78 is 17.4. The van der Waals surface area contributed by atoms with Crippen LogP contribution in [0.5, 0.6) is 0 Å². The quantitative estimate of drug-likeness (QED) is 0.633. The summed E-state index contributed by atoms with van der Waals surface area (Å²) in [6, 6.07) is 9.72. The molecule has 118 valence electrons. The molecule has 4 nitrogen and oxygen atoms in total. The number of carbonyl (C=O) groups is 1. The van der Waals surface area contributed by atoms with Gasteiger partial charge in [-0.3, -0.25) is 4.79 Å². The van der Waals surface area contributed by atoms with Crippen LogP contribution in [0.1, 0.15) is 39.7 Å². The molecule has 0 radical (unpaired) electrons. The number of benzene rings is 1. The fraction of sp³-hybridized carbons (Fsp3) is 0.588. The minimum Gasteiger partial charge on any atom is -0.461 e. The highest BCUT2D eigenvalue weighted by atomic mass is 16.7. The molecule has 2 aliphatic rings. The number of rotatable bonds is 4. The van der Waals surface area contributed by atoms with Crippen molar-refractivity contribution < 1.29 is 18.8 Å². The Morgan fingerprint density at radius 2 is 1.77 bits per heavy atom. The Balaban J connectivity index is 1.51. The predicted molar refractivity (Wildman–Crippen MR) is 84.2 cm³/mol. The van der Waals surface area contributed by atoms with E-state index in [0.29, 0.717) is 6.61 Å². The van der Waals surface area contributed by atoms with Crippen LogP contribution in [0.4, 0.5) is 0 Å². The summed E-state index contributed by atoms with van der Waals surface area (Å²) in [5.74, 6) is -0.133. The van der Waals surface area contributed by atoms with Gasteiger partial charge in [0.25, 0.3) is 0 Å². The smallest absolute Gasteiger partial charge is 0.461 e. The predicted octanol–water partition coefficient (Wildman–Crippen LogP) is 3.21. The summed E-state index contributed by atoms with van der Waals surface area (Å²) in [6.45, 7) is 8.43. The maximum absolute atomic E-state index is 12.1. The zero-order valence-corrected chi connectivity index (χ0v) is 13.7. The molecule has 2 unspecified atom stereocenters. The Hall–Kier alpha value is -1.33. The van der Waals surface area contributed by atoms with Gasteiger partial charge < -0.3 is 14.0 Å². The second kappa shape index (κ2) is 5.39. The molecular weight excluding hydrogens is 279 g/mol. The second-order valence-electron chi connectivity index (χ2n) is 7.22. The van der Waals surface area contributed by atoms with Gasteiger partial charge in [-0.05, 0) is 39.7 Å². The van der Waals surface area contributed by atoms with E-state index in [4.69, 9.17) is 14.0 Å². The standard InChI is InChI=1S/C17H23BO4/c1-16(2)17(3,4)22-18(21-16)14-10-13(14)15(19)20-11-12-8-6-5-7-9-12/h5-9,13-14H,10-11H2,1-4H3. The fourth-order valence-corrected chi connectivity index (χ4v) is 2.69. The zero-order valence-electron chi connectivity index (χ0n) is 13.7. The highest BCUT2D eigenvalue weighted by Gasteiger charge is 2.61. The van der Waals surface area contributed by atoms with Gasteiger partial charge in [-0.25, -0.2) is 0 Å². The van der Waals surface area contributed by atoms with Gasteiger partial charge in [0.05, 0.1) is 17.1 Å². The average Bonchev–Trinajstić information content (AvgIpc) is 3.21. The van der Waals surface area contributed by atoms with Crippen molar-refractivity contribution in [1.82, 2.24) is 0 Å². The molecule has 0 spiro atoms. The topological polar surface area (TPSA) is 44.8 Å². The molecule has 1 aromatic carbocycles. The van der Waals surface area contributed by atoms with Gasteiger partial charge in [0.1, 0.15) is 6.61 Å². The van der Waals surface area contributed by atoms with Crippen LogP contribution < -0.4 is 0 Å². The van der Waals surface area contributed by atoms with E-state index in [0.717, 1.165) is 12.0 Å². The lowest BCUT2D eigenvalue weighted by molar-refractivity contribution is -0.146. The first-order valence-electron chi connectivity index (χ1n) is 7.86. The largest absolute Gasteiger partial charge is 0.462 e. The van der Waals surface area contributed by atoms with Crippen molar-refractivity contribution in [3.05, 3.63) is 35.9 Å². The molecule has 0 bridgehead atoms. The Morgan fingerprint density at radius 3 is 2.36 bits per heavy atom. The van der Waals surface area contributed by atoms with Crippen molar-refractivity contribution in [2.75, 3.05) is 0 Å². The lowest BCUT2D eigenvalue weighted by atomic mass is 9.80. The summed E-state index contributed by atoms with van der Waals surface area (Å²) in [7, 11) is -0.306. The van der Waals surface area contributed by atoms with Crippen molar-refractivity contribution in [2.24, 2.45) is 5.92 Å². The second-order valence-corrected chi connectivity index (χ2v) is 7.22.